The largest absolute Gasteiger partial charge is 0.482 e. The Morgan fingerprint density at radius 2 is 2.23 bits per heavy atom. The van der Waals surface area contributed by atoms with Crippen molar-refractivity contribution in [2.24, 2.45) is 5.92 Å². The number of carbonyl (C=O) groups is 3. The highest BCUT2D eigenvalue weighted by Gasteiger charge is 2.30. The summed E-state index contributed by atoms with van der Waals surface area (Å²) in [6.45, 7) is 1.63. The highest BCUT2D eigenvalue weighted by atomic mass is 32.1. The number of carboxylic acid groups (broad SMARTS) is 1. The topological polar surface area (TPSA) is 120 Å². The molecule has 1 aromatic heterocycles. The van der Waals surface area contributed by atoms with Gasteiger partial charge in [-0.15, -0.1) is 11.3 Å². The summed E-state index contributed by atoms with van der Waals surface area (Å²) in [5, 5.41) is 22.1. The lowest BCUT2D eigenvalue weighted by molar-refractivity contribution is -0.123. The number of benzene rings is 1. The van der Waals surface area contributed by atoms with Crippen molar-refractivity contribution < 1.29 is 24.2 Å². The number of ether oxygens (including phenoxy) is 1. The Labute approximate surface area is 176 Å². The Morgan fingerprint density at radius 3 is 2.97 bits per heavy atom. The van der Waals surface area contributed by atoms with Crippen molar-refractivity contribution in [3.05, 3.63) is 39.8 Å². The summed E-state index contributed by atoms with van der Waals surface area (Å²) >= 11 is 1.41. The number of hydrogen-bond donors (Lipinski definition) is 2. The van der Waals surface area contributed by atoms with Crippen LogP contribution in [0.5, 0.6) is 5.75 Å². The Hall–Kier alpha value is -3.38. The Balaban J connectivity index is 1.57. The normalized spacial score (nSPS) is 17.4. The van der Waals surface area contributed by atoms with Gasteiger partial charge in [-0.25, -0.2) is 4.79 Å². The quantitative estimate of drug-likeness (QED) is 0.777. The first kappa shape index (κ1) is 19.9. The van der Waals surface area contributed by atoms with Gasteiger partial charge in [0, 0.05) is 4.88 Å². The number of fused-ring (bicyclic) bond motifs is 2. The summed E-state index contributed by atoms with van der Waals surface area (Å²) in [6, 6.07) is 6.37. The van der Waals surface area contributed by atoms with Crippen LogP contribution in [0.3, 0.4) is 0 Å². The summed E-state index contributed by atoms with van der Waals surface area (Å²) in [4.78, 5) is 38.7. The fourth-order valence-electron chi connectivity index (χ4n) is 3.78. The molecule has 1 aliphatic carbocycles. The first-order valence-corrected chi connectivity index (χ1v) is 10.3. The van der Waals surface area contributed by atoms with Gasteiger partial charge in [0.15, 0.2) is 6.61 Å². The molecule has 0 saturated heterocycles. The zero-order valence-corrected chi connectivity index (χ0v) is 17.0. The second-order valence-electron chi connectivity index (χ2n) is 7.47. The molecule has 0 radical (unpaired) electrons. The van der Waals surface area contributed by atoms with Crippen molar-refractivity contribution in [2.45, 2.75) is 26.2 Å². The number of nitriles is 1. The van der Waals surface area contributed by atoms with E-state index >= 15 is 0 Å². The van der Waals surface area contributed by atoms with Gasteiger partial charge in [-0.05, 0) is 48.9 Å². The summed E-state index contributed by atoms with van der Waals surface area (Å²) in [6.07, 6.45) is 2.72. The number of hydrogen-bond acceptors (Lipinski definition) is 6. The van der Waals surface area contributed by atoms with Gasteiger partial charge in [0.25, 0.3) is 5.91 Å². The van der Waals surface area contributed by atoms with Gasteiger partial charge in [-0.2, -0.15) is 5.26 Å². The van der Waals surface area contributed by atoms with Crippen molar-refractivity contribution in [1.29, 1.82) is 5.26 Å². The molecule has 0 bridgehead atoms. The van der Waals surface area contributed by atoms with Crippen molar-refractivity contribution in [2.75, 3.05) is 23.4 Å². The number of nitrogens with one attached hydrogen (secondary N) is 1. The Bertz CT molecular complexity index is 1100. The third kappa shape index (κ3) is 3.62. The average Bonchev–Trinajstić information content (AvgIpc) is 3.05. The fourth-order valence-corrected chi connectivity index (χ4v) is 5.15. The SMILES string of the molecule is CC1CCc2c(sc(NC(=O)CN3C(=O)COc4ccc(C(=O)O)cc43)c2C#N)C1. The molecule has 2 aliphatic rings. The van der Waals surface area contributed by atoms with E-state index in [2.05, 4.69) is 18.3 Å². The van der Waals surface area contributed by atoms with E-state index in [4.69, 9.17) is 4.74 Å². The lowest BCUT2D eigenvalue weighted by Crippen LogP contribution is -2.43. The number of nitrogens with zero attached hydrogens (tertiary/aromatic N) is 2. The Morgan fingerprint density at radius 1 is 1.43 bits per heavy atom. The van der Waals surface area contributed by atoms with Crippen LogP contribution in [0.4, 0.5) is 10.7 Å². The maximum Gasteiger partial charge on any atom is 0.335 e. The van der Waals surface area contributed by atoms with Crippen LogP contribution in [0.25, 0.3) is 0 Å². The lowest BCUT2D eigenvalue weighted by atomic mass is 9.89. The Kier molecular flexibility index (Phi) is 5.18. The molecule has 4 rings (SSSR count). The predicted molar refractivity (Wildman–Crippen MR) is 110 cm³/mol. The third-order valence-electron chi connectivity index (χ3n) is 5.33. The van der Waals surface area contributed by atoms with Crippen LogP contribution in [-0.4, -0.2) is 36.0 Å². The summed E-state index contributed by atoms with van der Waals surface area (Å²) in [5.74, 6) is -1.17. The molecular formula is C21H19N3O5S. The molecule has 9 heteroatoms. The number of carbonyl (C=O) groups excluding carboxylic acids is 2. The van der Waals surface area contributed by atoms with Crippen LogP contribution >= 0.6 is 11.3 Å². The minimum atomic E-state index is -1.14. The van der Waals surface area contributed by atoms with Crippen LogP contribution in [0.2, 0.25) is 0 Å². The van der Waals surface area contributed by atoms with E-state index in [0.29, 0.717) is 22.2 Å². The van der Waals surface area contributed by atoms with E-state index in [-0.39, 0.29) is 24.4 Å². The standard InChI is InChI=1S/C21H19N3O5S/c1-11-2-4-13-14(8-22)20(30-17(13)6-11)23-18(25)9-24-15-7-12(21(27)28)3-5-16(15)29-10-19(24)26/h3,5,7,11H,2,4,6,9-10H2,1H3,(H,23,25)(H,27,28). The van der Waals surface area contributed by atoms with E-state index in [1.807, 2.05) is 0 Å². The molecule has 2 aromatic rings. The molecule has 0 fully saturated rings. The van der Waals surface area contributed by atoms with Gasteiger partial charge in [-0.3, -0.25) is 14.5 Å². The molecule has 0 spiro atoms. The molecule has 1 aliphatic heterocycles. The van der Waals surface area contributed by atoms with Crippen LogP contribution in [0.1, 0.15) is 39.7 Å². The molecule has 154 valence electrons. The summed E-state index contributed by atoms with van der Waals surface area (Å²) < 4.78 is 5.35. The molecular weight excluding hydrogens is 406 g/mol. The maximum atomic E-state index is 12.7. The van der Waals surface area contributed by atoms with Crippen molar-refractivity contribution in [1.82, 2.24) is 0 Å². The minimum Gasteiger partial charge on any atom is -0.482 e. The first-order chi connectivity index (χ1) is 14.4. The number of aromatic carboxylic acids is 1. The van der Waals surface area contributed by atoms with Gasteiger partial charge in [0.2, 0.25) is 5.91 Å². The lowest BCUT2D eigenvalue weighted by Gasteiger charge is -2.29. The number of rotatable bonds is 4. The zero-order valence-electron chi connectivity index (χ0n) is 16.2. The molecule has 2 amide bonds. The van der Waals surface area contributed by atoms with Gasteiger partial charge >= 0.3 is 5.97 Å². The molecule has 1 aromatic carbocycles. The third-order valence-corrected chi connectivity index (χ3v) is 6.50. The van der Waals surface area contributed by atoms with Gasteiger partial charge in [0.1, 0.15) is 23.4 Å². The van der Waals surface area contributed by atoms with Gasteiger partial charge in [-0.1, -0.05) is 6.92 Å². The molecule has 2 heterocycles. The summed E-state index contributed by atoms with van der Waals surface area (Å²) in [7, 11) is 0. The highest BCUT2D eigenvalue weighted by molar-refractivity contribution is 7.16. The second kappa shape index (κ2) is 7.80. The van der Waals surface area contributed by atoms with Gasteiger partial charge in [0.05, 0.1) is 16.8 Å². The van der Waals surface area contributed by atoms with Crippen molar-refractivity contribution >= 4 is 39.8 Å². The average molecular weight is 425 g/mol. The molecule has 0 saturated carbocycles. The molecule has 1 unspecified atom stereocenters. The van der Waals surface area contributed by atoms with Crippen LogP contribution in [0.15, 0.2) is 18.2 Å². The van der Waals surface area contributed by atoms with Gasteiger partial charge < -0.3 is 15.2 Å². The smallest absolute Gasteiger partial charge is 0.335 e. The molecule has 2 N–H and O–H groups in total. The second-order valence-corrected chi connectivity index (χ2v) is 8.58. The summed E-state index contributed by atoms with van der Waals surface area (Å²) in [5.41, 5.74) is 1.73. The minimum absolute atomic E-state index is 0.00993. The van der Waals surface area contributed by atoms with Crippen LogP contribution in [-0.2, 0) is 22.4 Å². The van der Waals surface area contributed by atoms with E-state index < -0.39 is 17.8 Å². The molecule has 8 nitrogen and oxygen atoms in total. The monoisotopic (exact) mass is 425 g/mol. The number of carboxylic acids is 1. The number of thiophene rings is 1. The maximum absolute atomic E-state index is 12.7. The van der Waals surface area contributed by atoms with Crippen LogP contribution < -0.4 is 15.0 Å². The predicted octanol–water partition coefficient (Wildman–Crippen LogP) is 2.81. The number of anilines is 2. The van der Waals surface area contributed by atoms with Crippen molar-refractivity contribution in [3.63, 3.8) is 0 Å². The van der Waals surface area contributed by atoms with E-state index in [1.54, 1.807) is 0 Å². The van der Waals surface area contributed by atoms with E-state index in [1.165, 1.54) is 34.4 Å². The zero-order chi connectivity index (χ0) is 21.4. The van der Waals surface area contributed by atoms with E-state index in [0.717, 1.165) is 29.7 Å². The van der Waals surface area contributed by atoms with Crippen LogP contribution in [0, 0.1) is 17.2 Å². The fraction of sp³-hybridized carbons (Fsp3) is 0.333. The molecule has 1 atom stereocenters. The highest BCUT2D eigenvalue weighted by Crippen LogP contribution is 2.39. The van der Waals surface area contributed by atoms with E-state index in [9.17, 15) is 24.8 Å². The number of amides is 2. The van der Waals surface area contributed by atoms with Crippen molar-refractivity contribution in [3.8, 4) is 11.8 Å². The first-order valence-electron chi connectivity index (χ1n) is 9.52. The molecule has 30 heavy (non-hydrogen) atoms.